The Balaban J connectivity index is 1.69. The summed E-state index contributed by atoms with van der Waals surface area (Å²) in [6.07, 6.45) is 6.69. The van der Waals surface area contributed by atoms with E-state index in [4.69, 9.17) is 5.73 Å². The van der Waals surface area contributed by atoms with Gasteiger partial charge in [0.25, 0.3) is 0 Å². The van der Waals surface area contributed by atoms with Gasteiger partial charge in [0.15, 0.2) is 11.6 Å². The molecule has 0 bridgehead atoms. The van der Waals surface area contributed by atoms with E-state index in [0.29, 0.717) is 29.3 Å². The van der Waals surface area contributed by atoms with Crippen LogP contribution in [0.25, 0.3) is 11.4 Å². The van der Waals surface area contributed by atoms with Gasteiger partial charge in [-0.15, -0.1) is 0 Å². The molecule has 26 heavy (non-hydrogen) atoms. The lowest BCUT2D eigenvalue weighted by molar-refractivity contribution is 0.606. The van der Waals surface area contributed by atoms with Gasteiger partial charge in [-0.1, -0.05) is 12.5 Å². The van der Waals surface area contributed by atoms with Gasteiger partial charge < -0.3 is 11.1 Å². The number of halogens is 1. The molecule has 0 amide bonds. The summed E-state index contributed by atoms with van der Waals surface area (Å²) < 4.78 is 16.8. The van der Waals surface area contributed by atoms with Crippen molar-refractivity contribution in [1.82, 2.24) is 24.7 Å². The Morgan fingerprint density at radius 1 is 1.23 bits per heavy atom. The van der Waals surface area contributed by atoms with Gasteiger partial charge in [-0.3, -0.25) is 4.68 Å². The Labute approximate surface area is 150 Å². The first-order valence-electron chi connectivity index (χ1n) is 8.65. The smallest absolute Gasteiger partial charge is 0.231 e. The van der Waals surface area contributed by atoms with E-state index in [9.17, 15) is 0 Å². The summed E-state index contributed by atoms with van der Waals surface area (Å²) in [6, 6.07) is 5.29. The third kappa shape index (κ3) is 3.15. The lowest BCUT2D eigenvalue weighted by Gasteiger charge is -2.15. The van der Waals surface area contributed by atoms with Crippen LogP contribution in [0, 0.1) is 5.82 Å². The van der Waals surface area contributed by atoms with Gasteiger partial charge in [0.1, 0.15) is 12.1 Å². The molecule has 2 heterocycles. The molecule has 1 aliphatic carbocycles. The average molecular weight is 353 g/mol. The summed E-state index contributed by atoms with van der Waals surface area (Å²) in [5, 5.41) is 7.22. The molecule has 1 aromatic carbocycles. The molecule has 0 radical (unpaired) electrons. The molecule has 1 aliphatic rings. The zero-order valence-corrected chi connectivity index (χ0v) is 14.5. The lowest BCUT2D eigenvalue weighted by Crippen LogP contribution is -2.12. The standard InChI is InChI=1S/C18H20FN7/c1-26-9-8-15(25-26)23-18-22-10-21-17(24-18)13-7-6-11-12(16(13)19)4-2-3-5-14(11)20/h6-10,14H,2-5,20H2,1H3,(H,21,22,23,24,25)/t14-/m1/s1. The van der Waals surface area contributed by atoms with Crippen molar-refractivity contribution in [2.75, 3.05) is 5.32 Å². The number of benzene rings is 1. The second kappa shape index (κ2) is 6.80. The second-order valence-electron chi connectivity index (χ2n) is 6.48. The van der Waals surface area contributed by atoms with Crippen LogP contribution in [0.3, 0.4) is 0 Å². The predicted molar refractivity (Wildman–Crippen MR) is 96.2 cm³/mol. The van der Waals surface area contributed by atoms with Crippen molar-refractivity contribution in [2.45, 2.75) is 31.7 Å². The molecule has 8 heteroatoms. The van der Waals surface area contributed by atoms with Gasteiger partial charge in [0.05, 0.1) is 5.56 Å². The number of nitrogens with zero attached hydrogens (tertiary/aromatic N) is 5. The van der Waals surface area contributed by atoms with Crippen molar-refractivity contribution in [2.24, 2.45) is 12.8 Å². The first kappa shape index (κ1) is 16.6. The maximum atomic E-state index is 15.2. The van der Waals surface area contributed by atoms with Gasteiger partial charge in [0.2, 0.25) is 5.95 Å². The molecular formula is C18H20FN7. The van der Waals surface area contributed by atoms with Crippen molar-refractivity contribution in [3.63, 3.8) is 0 Å². The van der Waals surface area contributed by atoms with Crippen molar-refractivity contribution in [1.29, 1.82) is 0 Å². The monoisotopic (exact) mass is 353 g/mol. The molecule has 3 aromatic rings. The molecule has 7 nitrogen and oxygen atoms in total. The van der Waals surface area contributed by atoms with Crippen molar-refractivity contribution >= 4 is 11.8 Å². The summed E-state index contributed by atoms with van der Waals surface area (Å²) in [5.74, 6) is 0.934. The Hall–Kier alpha value is -2.87. The van der Waals surface area contributed by atoms with Gasteiger partial charge in [0, 0.05) is 25.4 Å². The van der Waals surface area contributed by atoms with E-state index < -0.39 is 0 Å². The fourth-order valence-corrected chi connectivity index (χ4v) is 3.31. The highest BCUT2D eigenvalue weighted by Gasteiger charge is 2.22. The minimum absolute atomic E-state index is 0.115. The molecule has 2 aromatic heterocycles. The molecule has 3 N–H and O–H groups in total. The molecule has 0 spiro atoms. The molecule has 0 saturated heterocycles. The van der Waals surface area contributed by atoms with Crippen LogP contribution >= 0.6 is 0 Å². The van der Waals surface area contributed by atoms with E-state index in [1.165, 1.54) is 6.33 Å². The van der Waals surface area contributed by atoms with E-state index in [0.717, 1.165) is 24.8 Å². The SMILES string of the molecule is Cn1ccc(Nc2ncnc(-c3ccc4c(c3F)CCCC[C@H]4N)n2)n1. The molecule has 134 valence electrons. The van der Waals surface area contributed by atoms with E-state index in [2.05, 4.69) is 25.4 Å². The molecular weight excluding hydrogens is 333 g/mol. The number of nitrogens with one attached hydrogen (secondary N) is 1. The van der Waals surface area contributed by atoms with E-state index in [-0.39, 0.29) is 17.7 Å². The first-order chi connectivity index (χ1) is 12.6. The van der Waals surface area contributed by atoms with Crippen LogP contribution in [0.1, 0.15) is 36.4 Å². The molecule has 0 fully saturated rings. The fraction of sp³-hybridized carbons (Fsp3) is 0.333. The number of aromatic nitrogens is 5. The summed E-state index contributed by atoms with van der Waals surface area (Å²) in [6.45, 7) is 0. The number of aryl methyl sites for hydroxylation is 1. The minimum Gasteiger partial charge on any atom is -0.324 e. The fourth-order valence-electron chi connectivity index (χ4n) is 3.31. The highest BCUT2D eigenvalue weighted by atomic mass is 19.1. The van der Waals surface area contributed by atoms with Crippen LogP contribution in [0.2, 0.25) is 0 Å². The van der Waals surface area contributed by atoms with Crippen LogP contribution in [-0.4, -0.2) is 24.7 Å². The predicted octanol–water partition coefficient (Wildman–Crippen LogP) is 2.88. The Kier molecular flexibility index (Phi) is 4.34. The number of anilines is 2. The molecule has 4 rings (SSSR count). The number of rotatable bonds is 3. The lowest BCUT2D eigenvalue weighted by atomic mass is 9.96. The molecule has 0 unspecified atom stereocenters. The zero-order valence-electron chi connectivity index (χ0n) is 14.5. The highest BCUT2D eigenvalue weighted by Crippen LogP contribution is 2.33. The molecule has 0 saturated carbocycles. The molecule has 1 atom stereocenters. The number of hydrogen-bond donors (Lipinski definition) is 2. The summed E-state index contributed by atoms with van der Waals surface area (Å²) >= 11 is 0. The van der Waals surface area contributed by atoms with Gasteiger partial charge >= 0.3 is 0 Å². The van der Waals surface area contributed by atoms with Crippen molar-refractivity contribution in [3.05, 3.63) is 47.7 Å². The van der Waals surface area contributed by atoms with Crippen LogP contribution in [0.4, 0.5) is 16.2 Å². The van der Waals surface area contributed by atoms with Crippen molar-refractivity contribution in [3.8, 4) is 11.4 Å². The van der Waals surface area contributed by atoms with Crippen LogP contribution in [-0.2, 0) is 13.5 Å². The number of hydrogen-bond acceptors (Lipinski definition) is 6. The van der Waals surface area contributed by atoms with E-state index in [1.807, 2.05) is 13.1 Å². The number of fused-ring (bicyclic) bond motifs is 1. The Morgan fingerprint density at radius 3 is 2.92 bits per heavy atom. The normalized spacial score (nSPS) is 16.8. The second-order valence-corrected chi connectivity index (χ2v) is 6.48. The quantitative estimate of drug-likeness (QED) is 0.703. The van der Waals surface area contributed by atoms with Crippen molar-refractivity contribution < 1.29 is 4.39 Å². The van der Waals surface area contributed by atoms with Gasteiger partial charge in [-0.2, -0.15) is 10.1 Å². The minimum atomic E-state index is -0.283. The third-order valence-electron chi connectivity index (χ3n) is 4.64. The largest absolute Gasteiger partial charge is 0.324 e. The maximum Gasteiger partial charge on any atom is 0.231 e. The zero-order chi connectivity index (χ0) is 18.1. The maximum absolute atomic E-state index is 15.2. The third-order valence-corrected chi connectivity index (χ3v) is 4.64. The first-order valence-corrected chi connectivity index (χ1v) is 8.65. The van der Waals surface area contributed by atoms with Gasteiger partial charge in [-0.25, -0.2) is 14.4 Å². The van der Waals surface area contributed by atoms with Crippen LogP contribution in [0.5, 0.6) is 0 Å². The van der Waals surface area contributed by atoms with E-state index in [1.54, 1.807) is 23.0 Å². The average Bonchev–Trinajstić information content (AvgIpc) is 2.93. The Bertz CT molecular complexity index is 937. The topological polar surface area (TPSA) is 94.5 Å². The Morgan fingerprint density at radius 2 is 2.12 bits per heavy atom. The van der Waals surface area contributed by atoms with E-state index >= 15 is 4.39 Å². The summed E-state index contributed by atoms with van der Waals surface area (Å²) in [4.78, 5) is 12.6. The van der Waals surface area contributed by atoms with Crippen LogP contribution < -0.4 is 11.1 Å². The summed E-state index contributed by atoms with van der Waals surface area (Å²) in [7, 11) is 1.82. The number of nitrogens with two attached hydrogens (primary N) is 1. The molecule has 0 aliphatic heterocycles. The summed E-state index contributed by atoms with van der Waals surface area (Å²) in [5.41, 5.74) is 8.13. The van der Waals surface area contributed by atoms with Gasteiger partial charge in [-0.05, 0) is 36.5 Å². The highest BCUT2D eigenvalue weighted by molar-refractivity contribution is 5.61. The van der Waals surface area contributed by atoms with Crippen LogP contribution in [0.15, 0.2) is 30.7 Å².